The second-order valence-corrected chi connectivity index (χ2v) is 6.50. The lowest BCUT2D eigenvalue weighted by molar-refractivity contribution is -0.140. The molecule has 24 heavy (non-hydrogen) atoms. The first kappa shape index (κ1) is 17.2. The molecule has 2 fully saturated rings. The van der Waals surface area contributed by atoms with Crippen LogP contribution in [-0.2, 0) is 21.3 Å². The van der Waals surface area contributed by atoms with Crippen molar-refractivity contribution in [3.63, 3.8) is 0 Å². The number of hydrogen-bond donors (Lipinski definition) is 1. The lowest BCUT2D eigenvalue weighted by atomic mass is 9.83. The van der Waals surface area contributed by atoms with Gasteiger partial charge in [-0.3, -0.25) is 4.79 Å². The summed E-state index contributed by atoms with van der Waals surface area (Å²) in [6.07, 6.45) is -3.28. The maximum atomic E-state index is 12.9. The number of amides is 1. The lowest BCUT2D eigenvalue weighted by Gasteiger charge is -2.39. The van der Waals surface area contributed by atoms with Crippen molar-refractivity contribution in [1.29, 1.82) is 0 Å². The molecule has 0 unspecified atom stereocenters. The minimum Gasteiger partial charge on any atom is -0.385 e. The van der Waals surface area contributed by atoms with Crippen LogP contribution in [0.5, 0.6) is 0 Å². The Balaban J connectivity index is 1.69. The van der Waals surface area contributed by atoms with Crippen molar-refractivity contribution in [2.45, 2.75) is 31.0 Å². The van der Waals surface area contributed by atoms with Crippen molar-refractivity contribution in [2.24, 2.45) is 5.92 Å². The number of hydrogen-bond acceptors (Lipinski definition) is 3. The van der Waals surface area contributed by atoms with Crippen molar-refractivity contribution in [3.8, 4) is 0 Å². The number of likely N-dealkylation sites (tertiary alicyclic amines) is 1. The number of rotatable bonds is 2. The molecule has 0 bridgehead atoms. The number of halogens is 3. The molecule has 0 aliphatic carbocycles. The van der Waals surface area contributed by atoms with Gasteiger partial charge in [0, 0.05) is 19.7 Å². The summed E-state index contributed by atoms with van der Waals surface area (Å²) < 4.78 is 43.8. The van der Waals surface area contributed by atoms with Crippen molar-refractivity contribution in [1.82, 2.24) is 4.90 Å². The van der Waals surface area contributed by atoms with E-state index in [2.05, 4.69) is 0 Å². The van der Waals surface area contributed by atoms with Gasteiger partial charge >= 0.3 is 6.18 Å². The molecular weight excluding hydrogens is 323 g/mol. The summed E-state index contributed by atoms with van der Waals surface area (Å²) in [6.45, 7) is 1.68. The Labute approximate surface area is 138 Å². The van der Waals surface area contributed by atoms with Gasteiger partial charge in [0.2, 0.25) is 5.91 Å². The zero-order valence-electron chi connectivity index (χ0n) is 13.2. The van der Waals surface area contributed by atoms with E-state index in [0.717, 1.165) is 12.1 Å². The molecule has 132 valence electrons. The first-order chi connectivity index (χ1) is 11.3. The minimum atomic E-state index is -4.44. The average molecular weight is 343 g/mol. The molecule has 0 spiro atoms. The Hall–Kier alpha value is -1.60. The van der Waals surface area contributed by atoms with Crippen LogP contribution in [0.25, 0.3) is 0 Å². The smallest absolute Gasteiger partial charge is 0.385 e. The van der Waals surface area contributed by atoms with Crippen LogP contribution in [0.2, 0.25) is 0 Å². The zero-order valence-corrected chi connectivity index (χ0v) is 13.2. The highest BCUT2D eigenvalue weighted by molar-refractivity contribution is 5.79. The highest BCUT2D eigenvalue weighted by Gasteiger charge is 2.39. The molecule has 2 saturated heterocycles. The number of aliphatic hydroxyl groups is 1. The second kappa shape index (κ2) is 6.37. The van der Waals surface area contributed by atoms with Gasteiger partial charge in [-0.05, 0) is 37.0 Å². The molecule has 1 amide bonds. The van der Waals surface area contributed by atoms with Gasteiger partial charge in [-0.2, -0.15) is 13.2 Å². The van der Waals surface area contributed by atoms with Crippen LogP contribution in [0.4, 0.5) is 13.2 Å². The van der Waals surface area contributed by atoms with Crippen LogP contribution >= 0.6 is 0 Å². The van der Waals surface area contributed by atoms with E-state index < -0.39 is 17.3 Å². The number of piperidine rings is 1. The van der Waals surface area contributed by atoms with Crippen LogP contribution in [0, 0.1) is 5.92 Å². The maximum Gasteiger partial charge on any atom is 0.416 e. The molecule has 7 heteroatoms. The van der Waals surface area contributed by atoms with Crippen LogP contribution in [-0.4, -0.2) is 42.2 Å². The fourth-order valence-electron chi connectivity index (χ4n) is 3.36. The SMILES string of the molecule is O=C([C@@H]1CCOC1)N1CCC(O)(c2cccc(C(F)(F)F)c2)CC1. The molecular formula is C17H20F3NO3. The van der Waals surface area contributed by atoms with Crippen molar-refractivity contribution in [2.75, 3.05) is 26.3 Å². The maximum absolute atomic E-state index is 12.9. The summed E-state index contributed by atoms with van der Waals surface area (Å²) in [5, 5.41) is 10.8. The molecule has 1 aromatic carbocycles. The molecule has 4 nitrogen and oxygen atoms in total. The standard InChI is InChI=1S/C17H20F3NO3/c18-17(19,20)14-3-1-2-13(10-14)16(23)5-7-21(8-6-16)15(22)12-4-9-24-11-12/h1-3,10,12,23H,4-9,11H2/t12-/m1/s1. The molecule has 2 heterocycles. The second-order valence-electron chi connectivity index (χ2n) is 6.50. The van der Waals surface area contributed by atoms with Gasteiger partial charge < -0.3 is 14.7 Å². The van der Waals surface area contributed by atoms with Crippen molar-refractivity contribution >= 4 is 5.91 Å². The quantitative estimate of drug-likeness (QED) is 0.898. The Kier molecular flexibility index (Phi) is 4.57. The summed E-state index contributed by atoms with van der Waals surface area (Å²) >= 11 is 0. The summed E-state index contributed by atoms with van der Waals surface area (Å²) in [5.74, 6) is -0.122. The van der Waals surface area contributed by atoms with Gasteiger partial charge in [0.1, 0.15) is 0 Å². The van der Waals surface area contributed by atoms with Crippen molar-refractivity contribution < 1.29 is 27.8 Å². The zero-order chi connectivity index (χ0) is 17.4. The van der Waals surface area contributed by atoms with Crippen molar-refractivity contribution in [3.05, 3.63) is 35.4 Å². The Morgan fingerprint density at radius 2 is 2.00 bits per heavy atom. The van der Waals surface area contributed by atoms with E-state index in [1.54, 1.807) is 4.90 Å². The van der Waals surface area contributed by atoms with E-state index in [4.69, 9.17) is 4.74 Å². The topological polar surface area (TPSA) is 49.8 Å². The van der Waals surface area contributed by atoms with Crippen LogP contribution in [0.1, 0.15) is 30.4 Å². The van der Waals surface area contributed by atoms with Gasteiger partial charge in [0.25, 0.3) is 0 Å². The third-order valence-electron chi connectivity index (χ3n) is 4.91. The number of carbonyl (C=O) groups is 1. The molecule has 0 radical (unpaired) electrons. The van der Waals surface area contributed by atoms with E-state index in [1.165, 1.54) is 12.1 Å². The Morgan fingerprint density at radius 1 is 1.29 bits per heavy atom. The third kappa shape index (κ3) is 3.42. The van der Waals surface area contributed by atoms with E-state index in [1.807, 2.05) is 0 Å². The third-order valence-corrected chi connectivity index (χ3v) is 4.91. The molecule has 1 N–H and O–H groups in total. The summed E-state index contributed by atoms with van der Waals surface area (Å²) in [4.78, 5) is 14.0. The van der Waals surface area contributed by atoms with E-state index in [-0.39, 0.29) is 30.2 Å². The van der Waals surface area contributed by atoms with Crippen LogP contribution in [0.15, 0.2) is 24.3 Å². The van der Waals surface area contributed by atoms with Gasteiger partial charge in [0.15, 0.2) is 0 Å². The summed E-state index contributed by atoms with van der Waals surface area (Å²) in [5.41, 5.74) is -1.84. The normalized spacial score (nSPS) is 24.2. The highest BCUT2D eigenvalue weighted by atomic mass is 19.4. The molecule has 1 aromatic rings. The van der Waals surface area contributed by atoms with Gasteiger partial charge in [-0.25, -0.2) is 0 Å². The Morgan fingerprint density at radius 3 is 2.58 bits per heavy atom. The monoisotopic (exact) mass is 343 g/mol. The molecule has 0 saturated carbocycles. The Bertz CT molecular complexity index is 603. The molecule has 3 rings (SSSR count). The number of alkyl halides is 3. The van der Waals surface area contributed by atoms with E-state index in [9.17, 15) is 23.1 Å². The predicted octanol–water partition coefficient (Wildman–Crippen LogP) is 2.55. The molecule has 2 aliphatic heterocycles. The van der Waals surface area contributed by atoms with E-state index in [0.29, 0.717) is 32.7 Å². The number of nitrogens with zero attached hydrogens (tertiary/aromatic N) is 1. The molecule has 0 aromatic heterocycles. The summed E-state index contributed by atoms with van der Waals surface area (Å²) in [7, 11) is 0. The van der Waals surface area contributed by atoms with Gasteiger partial charge in [0.05, 0.1) is 23.7 Å². The fourth-order valence-corrected chi connectivity index (χ4v) is 3.36. The molecule has 2 aliphatic rings. The molecule has 1 atom stereocenters. The van der Waals surface area contributed by atoms with Gasteiger partial charge in [-0.1, -0.05) is 12.1 Å². The van der Waals surface area contributed by atoms with Gasteiger partial charge in [-0.15, -0.1) is 0 Å². The van der Waals surface area contributed by atoms with Crippen LogP contribution in [0.3, 0.4) is 0 Å². The number of benzene rings is 1. The average Bonchev–Trinajstić information content (AvgIpc) is 3.09. The highest BCUT2D eigenvalue weighted by Crippen LogP contribution is 2.37. The van der Waals surface area contributed by atoms with E-state index >= 15 is 0 Å². The largest absolute Gasteiger partial charge is 0.416 e. The number of ether oxygens (including phenoxy) is 1. The first-order valence-corrected chi connectivity index (χ1v) is 8.06. The van der Waals surface area contributed by atoms with Crippen LogP contribution < -0.4 is 0 Å². The number of carbonyl (C=O) groups excluding carboxylic acids is 1. The first-order valence-electron chi connectivity index (χ1n) is 8.06. The minimum absolute atomic E-state index is 0.0126. The predicted molar refractivity (Wildman–Crippen MR) is 80.1 cm³/mol. The lowest BCUT2D eigenvalue weighted by Crippen LogP contribution is -2.47. The summed E-state index contributed by atoms with van der Waals surface area (Å²) in [6, 6.07) is 4.81. The fraction of sp³-hybridized carbons (Fsp3) is 0.588.